The molecule has 2 aliphatic carbocycles. The first-order chi connectivity index (χ1) is 33.5. The van der Waals surface area contributed by atoms with Gasteiger partial charge in [0.15, 0.2) is 17.5 Å². The Morgan fingerprint density at radius 3 is 1.97 bits per heavy atom. The van der Waals surface area contributed by atoms with Crippen LogP contribution in [0.15, 0.2) is 199 Å². The third-order valence-electron chi connectivity index (χ3n) is 14.8. The number of hydrogen-bond acceptors (Lipinski definition) is 5. The van der Waals surface area contributed by atoms with Gasteiger partial charge in [0.05, 0.1) is 0 Å². The minimum atomic E-state index is -0.176. The lowest BCUT2D eigenvalue weighted by molar-refractivity contribution is 0.660. The van der Waals surface area contributed by atoms with Gasteiger partial charge in [0.25, 0.3) is 0 Å². The van der Waals surface area contributed by atoms with Gasteiger partial charge in [-0.2, -0.15) is 0 Å². The Morgan fingerprint density at radius 1 is 0.471 bits per heavy atom. The molecule has 0 saturated carbocycles. The highest BCUT2D eigenvalue weighted by atomic mass is 32.1. The number of aromatic nitrogens is 3. The molecular weight excluding hydrogens is 847 g/mol. The van der Waals surface area contributed by atoms with Crippen LogP contribution >= 0.6 is 11.3 Å². The van der Waals surface area contributed by atoms with E-state index in [2.05, 4.69) is 208 Å². The van der Waals surface area contributed by atoms with E-state index in [9.17, 15) is 0 Å². The van der Waals surface area contributed by atoms with E-state index in [-0.39, 0.29) is 5.41 Å². The molecule has 0 amide bonds. The summed E-state index contributed by atoms with van der Waals surface area (Å²) < 4.78 is 9.14. The van der Waals surface area contributed by atoms with Crippen LogP contribution in [0.3, 0.4) is 0 Å². The van der Waals surface area contributed by atoms with Crippen LogP contribution < -0.4 is 0 Å². The molecule has 9 aromatic carbocycles. The smallest absolute Gasteiger partial charge is 0.164 e. The van der Waals surface area contributed by atoms with Crippen LogP contribution in [0.25, 0.3) is 110 Å². The van der Waals surface area contributed by atoms with E-state index in [0.717, 1.165) is 62.4 Å². The fraction of sp³-hybridized carbons (Fsp3) is 0.0952. The summed E-state index contributed by atoms with van der Waals surface area (Å²) in [6.07, 6.45) is 2.10. The average molecular weight is 890 g/mol. The predicted octanol–water partition coefficient (Wildman–Crippen LogP) is 16.9. The topological polar surface area (TPSA) is 51.8 Å². The first-order valence-corrected chi connectivity index (χ1v) is 24.4. The van der Waals surface area contributed by atoms with Crippen LogP contribution in [0.1, 0.15) is 54.0 Å². The summed E-state index contributed by atoms with van der Waals surface area (Å²) in [5.41, 5.74) is 18.4. The Labute approximate surface area is 398 Å². The molecule has 12 aromatic rings. The summed E-state index contributed by atoms with van der Waals surface area (Å²) in [4.78, 5) is 16.4. The highest BCUT2D eigenvalue weighted by Gasteiger charge is 2.37. The van der Waals surface area contributed by atoms with Gasteiger partial charge in [-0.15, -0.1) is 11.3 Å². The number of furan rings is 1. The summed E-state index contributed by atoms with van der Waals surface area (Å²) in [6, 6.07) is 70.5. The second-order valence-electron chi connectivity index (χ2n) is 18.9. The van der Waals surface area contributed by atoms with E-state index in [1.807, 2.05) is 0 Å². The van der Waals surface area contributed by atoms with Crippen molar-refractivity contribution in [2.75, 3.05) is 0 Å². The highest BCUT2D eigenvalue weighted by molar-refractivity contribution is 7.25. The van der Waals surface area contributed by atoms with Crippen LogP contribution in [0, 0.1) is 0 Å². The van der Waals surface area contributed by atoms with Crippen molar-refractivity contribution in [2.45, 2.75) is 38.0 Å². The molecule has 0 aliphatic heterocycles. The average Bonchev–Trinajstić information content (AvgIpc) is 4.00. The Morgan fingerprint density at radius 2 is 1.10 bits per heavy atom. The van der Waals surface area contributed by atoms with Gasteiger partial charge in [-0.25, -0.2) is 15.0 Å². The molecule has 0 N–H and O–H groups in total. The number of thiophene rings is 1. The zero-order valence-electron chi connectivity index (χ0n) is 37.6. The highest BCUT2D eigenvalue weighted by Crippen LogP contribution is 2.52. The Balaban J connectivity index is 0.983. The maximum Gasteiger partial charge on any atom is 0.164 e. The zero-order chi connectivity index (χ0) is 45.1. The quantitative estimate of drug-likeness (QED) is 0.173. The molecule has 14 rings (SSSR count). The molecule has 0 radical (unpaired) electrons. The molecule has 0 fully saturated rings. The van der Waals surface area contributed by atoms with Crippen molar-refractivity contribution in [3.8, 4) is 67.5 Å². The predicted molar refractivity (Wildman–Crippen MR) is 281 cm³/mol. The summed E-state index contributed by atoms with van der Waals surface area (Å²) in [6.45, 7) is 4.64. The molecule has 1 unspecified atom stereocenters. The number of fused-ring (bicyclic) bond motifs is 12. The molecule has 322 valence electrons. The largest absolute Gasteiger partial charge is 0.456 e. The maximum atomic E-state index is 6.70. The van der Waals surface area contributed by atoms with E-state index < -0.39 is 0 Å². The molecule has 3 aromatic heterocycles. The zero-order valence-corrected chi connectivity index (χ0v) is 38.4. The molecule has 1 atom stereocenters. The first-order valence-electron chi connectivity index (χ1n) is 23.6. The van der Waals surface area contributed by atoms with E-state index in [1.165, 1.54) is 70.4 Å². The van der Waals surface area contributed by atoms with E-state index >= 15 is 0 Å². The number of benzene rings is 9. The van der Waals surface area contributed by atoms with Crippen LogP contribution in [0.2, 0.25) is 0 Å². The Bertz CT molecular complexity index is 4030. The molecule has 3 heterocycles. The maximum absolute atomic E-state index is 6.70. The standard InChI is InChI=1S/C63H43N3OS/c1-63(2)51-24-10-8-19-44(51)57-46(21-12-25-52(57)63)60-64-61(66-62(65-60)48-23-14-28-56-59(48)45-20-9-11-27-55(45)68-56)47-22-13-26-54-58(47)50-36-40(31-34-53(50)67-54)39-30-33-43-42(37-15-4-3-5-16-37)32-29-38-17-6-7-18-41(38)49(43)35-39/h3-28,30-31,33-36,42H,29,32H2,1-2H3. The Hall–Kier alpha value is -7.99. The summed E-state index contributed by atoms with van der Waals surface area (Å²) in [5, 5.41) is 4.38. The van der Waals surface area contributed by atoms with Gasteiger partial charge < -0.3 is 4.42 Å². The summed E-state index contributed by atoms with van der Waals surface area (Å²) in [7, 11) is 0. The monoisotopic (exact) mass is 889 g/mol. The number of aryl methyl sites for hydroxylation is 1. The minimum absolute atomic E-state index is 0.176. The van der Waals surface area contributed by atoms with Crippen LogP contribution in [0.5, 0.6) is 0 Å². The van der Waals surface area contributed by atoms with Gasteiger partial charge in [-0.1, -0.05) is 172 Å². The molecule has 0 bridgehead atoms. The molecule has 68 heavy (non-hydrogen) atoms. The van der Waals surface area contributed by atoms with E-state index in [0.29, 0.717) is 23.4 Å². The lowest BCUT2D eigenvalue weighted by atomic mass is 9.82. The van der Waals surface area contributed by atoms with Gasteiger partial charge in [-0.05, 0) is 110 Å². The SMILES string of the molecule is CC1(C)c2ccccc2-c2c(-c3nc(-c4cccc5oc6ccc(-c7ccc8c(c7)-c7ccccc7CCC8c7ccccc7)cc6c45)nc(-c4cccc5sc6ccccc6c45)n3)cccc21. The lowest BCUT2D eigenvalue weighted by Gasteiger charge is -2.21. The van der Waals surface area contributed by atoms with Crippen molar-refractivity contribution in [3.05, 3.63) is 222 Å². The number of nitrogens with zero attached hydrogens (tertiary/aromatic N) is 3. The van der Waals surface area contributed by atoms with Gasteiger partial charge in [0, 0.05) is 59.0 Å². The van der Waals surface area contributed by atoms with Crippen molar-refractivity contribution in [2.24, 2.45) is 0 Å². The molecule has 0 spiro atoms. The number of rotatable bonds is 5. The normalized spacial score (nSPS) is 14.8. The molecule has 0 saturated heterocycles. The Kier molecular flexibility index (Phi) is 8.65. The molecule has 2 aliphatic rings. The fourth-order valence-corrected chi connectivity index (χ4v) is 12.7. The third-order valence-corrected chi connectivity index (χ3v) is 16.0. The molecule has 4 nitrogen and oxygen atoms in total. The molecule has 5 heteroatoms. The minimum Gasteiger partial charge on any atom is -0.456 e. The molecular formula is C63H43N3OS. The van der Waals surface area contributed by atoms with Gasteiger partial charge in [0.1, 0.15) is 11.2 Å². The van der Waals surface area contributed by atoms with Gasteiger partial charge >= 0.3 is 0 Å². The van der Waals surface area contributed by atoms with Crippen LogP contribution in [-0.4, -0.2) is 15.0 Å². The second-order valence-corrected chi connectivity index (χ2v) is 20.0. The lowest BCUT2D eigenvalue weighted by Crippen LogP contribution is -2.14. The van der Waals surface area contributed by atoms with Crippen LogP contribution in [-0.2, 0) is 11.8 Å². The van der Waals surface area contributed by atoms with E-state index in [4.69, 9.17) is 19.4 Å². The van der Waals surface area contributed by atoms with Crippen molar-refractivity contribution in [1.29, 1.82) is 0 Å². The fourth-order valence-electron chi connectivity index (χ4n) is 11.6. The second kappa shape index (κ2) is 15.0. The number of hydrogen-bond donors (Lipinski definition) is 0. The summed E-state index contributed by atoms with van der Waals surface area (Å²) >= 11 is 1.80. The first kappa shape index (κ1) is 39.2. The van der Waals surface area contributed by atoms with Crippen molar-refractivity contribution in [1.82, 2.24) is 15.0 Å². The van der Waals surface area contributed by atoms with Gasteiger partial charge in [-0.3, -0.25) is 0 Å². The van der Waals surface area contributed by atoms with Crippen LogP contribution in [0.4, 0.5) is 0 Å². The summed E-state index contributed by atoms with van der Waals surface area (Å²) in [5.74, 6) is 2.22. The third kappa shape index (κ3) is 5.95. The van der Waals surface area contributed by atoms with Crippen molar-refractivity contribution >= 4 is 53.4 Å². The van der Waals surface area contributed by atoms with Crippen molar-refractivity contribution in [3.63, 3.8) is 0 Å². The van der Waals surface area contributed by atoms with Gasteiger partial charge in [0.2, 0.25) is 0 Å². The van der Waals surface area contributed by atoms with E-state index in [1.54, 1.807) is 11.3 Å². The van der Waals surface area contributed by atoms with Crippen molar-refractivity contribution < 1.29 is 4.42 Å².